The van der Waals surface area contributed by atoms with Gasteiger partial charge >= 0.3 is 0 Å². The minimum atomic E-state index is 0.191. The highest BCUT2D eigenvalue weighted by atomic mass is 32.1. The van der Waals surface area contributed by atoms with E-state index in [1.54, 1.807) is 7.11 Å². The number of methoxy groups -OCH3 is 1. The van der Waals surface area contributed by atoms with Crippen LogP contribution in [0.4, 0.5) is 0 Å². The fourth-order valence-electron chi connectivity index (χ4n) is 1.96. The third kappa shape index (κ3) is 2.36. The minimum absolute atomic E-state index is 0.191. The summed E-state index contributed by atoms with van der Waals surface area (Å²) in [6, 6.07) is 5.99. The van der Waals surface area contributed by atoms with E-state index >= 15 is 0 Å². The molecule has 0 saturated heterocycles. The number of hydrogen-bond donors (Lipinski definition) is 1. The molecule has 1 aromatic carbocycles. The standard InChI is InChI=1S/C13H18N2OS/c1-13(2,3)8-15-9-6-5-7-10(16-4)11(9)14-12(15)17/h5-7H,8H2,1-4H3,(H,14,17). The Morgan fingerprint density at radius 1 is 1.35 bits per heavy atom. The maximum absolute atomic E-state index is 5.38. The Hall–Kier alpha value is -1.29. The van der Waals surface area contributed by atoms with Gasteiger partial charge in [0.15, 0.2) is 4.77 Å². The number of hydrogen-bond acceptors (Lipinski definition) is 2. The molecule has 0 saturated carbocycles. The average Bonchev–Trinajstić information content (AvgIpc) is 2.53. The maximum Gasteiger partial charge on any atom is 0.178 e. The van der Waals surface area contributed by atoms with Crippen LogP contribution in [0.15, 0.2) is 18.2 Å². The van der Waals surface area contributed by atoms with Gasteiger partial charge in [-0.15, -0.1) is 0 Å². The predicted octanol–water partition coefficient (Wildman–Crippen LogP) is 3.75. The molecule has 0 amide bonds. The summed E-state index contributed by atoms with van der Waals surface area (Å²) >= 11 is 5.38. The molecule has 92 valence electrons. The molecule has 0 bridgehead atoms. The molecular weight excluding hydrogens is 232 g/mol. The van der Waals surface area contributed by atoms with E-state index in [2.05, 4.69) is 36.4 Å². The van der Waals surface area contributed by atoms with Crippen LogP contribution in [0.1, 0.15) is 20.8 Å². The molecule has 0 atom stereocenters. The van der Waals surface area contributed by atoms with Crippen LogP contribution in [0.5, 0.6) is 5.75 Å². The third-order valence-corrected chi connectivity index (χ3v) is 2.95. The molecule has 0 aliphatic carbocycles. The molecule has 4 heteroatoms. The van der Waals surface area contributed by atoms with Crippen molar-refractivity contribution in [3.63, 3.8) is 0 Å². The molecule has 1 N–H and O–H groups in total. The van der Waals surface area contributed by atoms with Crippen molar-refractivity contribution in [3.8, 4) is 5.75 Å². The molecule has 1 aromatic heterocycles. The molecule has 0 unspecified atom stereocenters. The van der Waals surface area contributed by atoms with Crippen molar-refractivity contribution >= 4 is 23.3 Å². The van der Waals surface area contributed by atoms with Crippen LogP contribution in [-0.4, -0.2) is 16.7 Å². The van der Waals surface area contributed by atoms with Crippen molar-refractivity contribution in [3.05, 3.63) is 23.0 Å². The number of nitrogens with zero attached hydrogens (tertiary/aromatic N) is 1. The number of benzene rings is 1. The zero-order valence-electron chi connectivity index (χ0n) is 10.7. The zero-order valence-corrected chi connectivity index (χ0v) is 11.5. The topological polar surface area (TPSA) is 29.9 Å². The number of aromatic amines is 1. The quantitative estimate of drug-likeness (QED) is 0.823. The van der Waals surface area contributed by atoms with E-state index in [4.69, 9.17) is 17.0 Å². The van der Waals surface area contributed by atoms with Crippen LogP contribution >= 0.6 is 12.2 Å². The Kier molecular flexibility index (Phi) is 3.00. The number of H-pyrrole nitrogens is 1. The first-order valence-electron chi connectivity index (χ1n) is 5.68. The van der Waals surface area contributed by atoms with Gasteiger partial charge in [0.2, 0.25) is 0 Å². The summed E-state index contributed by atoms with van der Waals surface area (Å²) in [7, 11) is 1.67. The Labute approximate surface area is 106 Å². The van der Waals surface area contributed by atoms with E-state index in [1.165, 1.54) is 0 Å². The number of imidazole rings is 1. The number of rotatable bonds is 2. The molecule has 0 radical (unpaired) electrons. The second-order valence-corrected chi connectivity index (χ2v) is 5.82. The highest BCUT2D eigenvalue weighted by Gasteiger charge is 2.15. The van der Waals surface area contributed by atoms with Crippen molar-refractivity contribution in [2.75, 3.05) is 7.11 Å². The Morgan fingerprint density at radius 3 is 2.65 bits per heavy atom. The van der Waals surface area contributed by atoms with Gasteiger partial charge in [-0.3, -0.25) is 0 Å². The maximum atomic E-state index is 5.38. The number of nitrogens with one attached hydrogen (secondary N) is 1. The van der Waals surface area contributed by atoms with Crippen molar-refractivity contribution in [2.24, 2.45) is 5.41 Å². The summed E-state index contributed by atoms with van der Waals surface area (Å²) in [5, 5.41) is 0. The van der Waals surface area contributed by atoms with Gasteiger partial charge in [-0.25, -0.2) is 0 Å². The highest BCUT2D eigenvalue weighted by Crippen LogP contribution is 2.27. The molecular formula is C13H18N2OS. The predicted molar refractivity (Wildman–Crippen MR) is 73.1 cm³/mol. The fraction of sp³-hybridized carbons (Fsp3) is 0.462. The van der Waals surface area contributed by atoms with Crippen molar-refractivity contribution in [2.45, 2.75) is 27.3 Å². The van der Waals surface area contributed by atoms with Gasteiger partial charge in [0.25, 0.3) is 0 Å². The lowest BCUT2D eigenvalue weighted by Gasteiger charge is -2.19. The van der Waals surface area contributed by atoms with Crippen LogP contribution in [0.2, 0.25) is 0 Å². The summed E-state index contributed by atoms with van der Waals surface area (Å²) in [6.45, 7) is 7.49. The molecule has 2 rings (SSSR count). The SMILES string of the molecule is COc1cccc2c1[nH]c(=S)n2CC(C)(C)C. The van der Waals surface area contributed by atoms with E-state index in [0.717, 1.165) is 28.1 Å². The van der Waals surface area contributed by atoms with E-state index in [0.29, 0.717) is 0 Å². The smallest absolute Gasteiger partial charge is 0.178 e. The van der Waals surface area contributed by atoms with Crippen LogP contribution < -0.4 is 4.74 Å². The summed E-state index contributed by atoms with van der Waals surface area (Å²) in [5.41, 5.74) is 2.27. The summed E-state index contributed by atoms with van der Waals surface area (Å²) < 4.78 is 8.22. The Balaban J connectivity index is 2.65. The Bertz CT molecular complexity index is 589. The number of para-hydroxylation sites is 1. The monoisotopic (exact) mass is 250 g/mol. The summed E-state index contributed by atoms with van der Waals surface area (Å²) in [4.78, 5) is 3.22. The third-order valence-electron chi connectivity index (χ3n) is 2.62. The molecule has 0 fully saturated rings. The van der Waals surface area contributed by atoms with Gasteiger partial charge < -0.3 is 14.3 Å². The largest absolute Gasteiger partial charge is 0.494 e. The van der Waals surface area contributed by atoms with Crippen molar-refractivity contribution < 1.29 is 4.74 Å². The van der Waals surface area contributed by atoms with Crippen molar-refractivity contribution in [1.82, 2.24) is 9.55 Å². The van der Waals surface area contributed by atoms with Crippen LogP contribution in [-0.2, 0) is 6.54 Å². The molecule has 0 aliphatic rings. The number of aromatic nitrogens is 2. The van der Waals surface area contributed by atoms with Crippen LogP contribution in [0.25, 0.3) is 11.0 Å². The molecule has 0 aliphatic heterocycles. The Morgan fingerprint density at radius 2 is 2.06 bits per heavy atom. The lowest BCUT2D eigenvalue weighted by atomic mass is 9.97. The zero-order chi connectivity index (χ0) is 12.6. The van der Waals surface area contributed by atoms with Gasteiger partial charge in [-0.2, -0.15) is 0 Å². The molecule has 17 heavy (non-hydrogen) atoms. The minimum Gasteiger partial charge on any atom is -0.494 e. The molecule has 0 spiro atoms. The van der Waals surface area contributed by atoms with Crippen LogP contribution in [0.3, 0.4) is 0 Å². The molecule has 2 aromatic rings. The highest BCUT2D eigenvalue weighted by molar-refractivity contribution is 7.71. The van der Waals surface area contributed by atoms with E-state index in [-0.39, 0.29) is 5.41 Å². The van der Waals surface area contributed by atoms with Gasteiger partial charge in [-0.05, 0) is 29.8 Å². The first-order valence-corrected chi connectivity index (χ1v) is 6.09. The number of ether oxygens (including phenoxy) is 1. The summed E-state index contributed by atoms with van der Waals surface area (Å²) in [5.74, 6) is 0.834. The van der Waals surface area contributed by atoms with Crippen LogP contribution in [0, 0.1) is 10.2 Å². The van der Waals surface area contributed by atoms with Gasteiger partial charge in [-0.1, -0.05) is 26.8 Å². The van der Waals surface area contributed by atoms with E-state index in [9.17, 15) is 0 Å². The van der Waals surface area contributed by atoms with E-state index < -0.39 is 0 Å². The molecule has 3 nitrogen and oxygen atoms in total. The fourth-order valence-corrected chi connectivity index (χ4v) is 2.22. The lowest BCUT2D eigenvalue weighted by molar-refractivity contribution is 0.346. The van der Waals surface area contributed by atoms with Gasteiger partial charge in [0, 0.05) is 6.54 Å². The van der Waals surface area contributed by atoms with Crippen molar-refractivity contribution in [1.29, 1.82) is 0 Å². The van der Waals surface area contributed by atoms with Gasteiger partial charge in [0.05, 0.1) is 12.6 Å². The second-order valence-electron chi connectivity index (χ2n) is 5.43. The van der Waals surface area contributed by atoms with E-state index in [1.807, 2.05) is 12.1 Å². The second kappa shape index (κ2) is 4.18. The number of fused-ring (bicyclic) bond motifs is 1. The van der Waals surface area contributed by atoms with Gasteiger partial charge in [0.1, 0.15) is 11.3 Å². The normalized spacial score (nSPS) is 12.0. The first kappa shape index (κ1) is 12.2. The first-order chi connectivity index (χ1) is 7.92. The average molecular weight is 250 g/mol. The summed E-state index contributed by atoms with van der Waals surface area (Å²) in [6.07, 6.45) is 0. The molecule has 1 heterocycles. The lowest BCUT2D eigenvalue weighted by Crippen LogP contribution is -2.15.